The normalized spacial score (nSPS) is 26.7. The zero-order valence-corrected chi connectivity index (χ0v) is 36.8. The predicted octanol–water partition coefficient (Wildman–Crippen LogP) is 0.418. The van der Waals surface area contributed by atoms with Crippen molar-refractivity contribution in [3.05, 3.63) is 71.8 Å². The molecule has 7 rings (SSSR count). The number of aliphatic hydroxyl groups is 5. The molecule has 4 aromatic rings. The van der Waals surface area contributed by atoms with E-state index in [2.05, 4.69) is 35.2 Å². The van der Waals surface area contributed by atoms with Gasteiger partial charge in [-0.1, -0.05) is 37.3 Å². The van der Waals surface area contributed by atoms with Gasteiger partial charge >= 0.3 is 21.7 Å². The number of imide groups is 1. The molecule has 3 aliphatic rings. The highest BCUT2D eigenvalue weighted by molar-refractivity contribution is 7.61. The van der Waals surface area contributed by atoms with Gasteiger partial charge in [-0.05, 0) is 55.5 Å². The van der Waals surface area contributed by atoms with E-state index < -0.39 is 108 Å². The van der Waals surface area contributed by atoms with Gasteiger partial charge in [0.15, 0.2) is 23.2 Å². The lowest BCUT2D eigenvalue weighted by molar-refractivity contribution is -0.127. The van der Waals surface area contributed by atoms with E-state index >= 15 is 0 Å². The second-order valence-corrected chi connectivity index (χ2v) is 19.0. The van der Waals surface area contributed by atoms with Crippen LogP contribution in [0.3, 0.4) is 0 Å². The number of nitrogens with one attached hydrogen (secondary N) is 4. The number of phosphoric ester groups is 2. The number of nitrogens with zero attached hydrogens (tertiary/aromatic N) is 5. The van der Waals surface area contributed by atoms with E-state index in [0.29, 0.717) is 29.1 Å². The van der Waals surface area contributed by atoms with Crippen molar-refractivity contribution in [2.45, 2.75) is 94.1 Å². The minimum Gasteiger partial charge on any atom is -0.388 e. The van der Waals surface area contributed by atoms with Crippen LogP contribution in [0.15, 0.2) is 55.1 Å². The number of amides is 3. The summed E-state index contributed by atoms with van der Waals surface area (Å²) >= 11 is 0. The molecule has 2 unspecified atom stereocenters. The monoisotopic (exact) mass is 948 g/mol. The summed E-state index contributed by atoms with van der Waals surface area (Å²) < 4.78 is 46.3. The number of ether oxygens (including phenoxy) is 1. The summed E-state index contributed by atoms with van der Waals surface area (Å²) in [4.78, 5) is 61.4. The fourth-order valence-corrected chi connectivity index (χ4v) is 10.2. The third-order valence-electron chi connectivity index (χ3n) is 11.7. The van der Waals surface area contributed by atoms with E-state index in [4.69, 9.17) is 24.9 Å². The number of carbonyl (C=O) groups is 2. The maximum absolute atomic E-state index is 14.4. The Morgan fingerprint density at radius 2 is 1.69 bits per heavy atom. The molecule has 0 radical (unpaired) electrons. The largest absolute Gasteiger partial charge is 0.481 e. The molecule has 0 aliphatic carbocycles. The second-order valence-electron chi connectivity index (χ2n) is 15.9. The first-order chi connectivity index (χ1) is 30.7. The first-order valence-electron chi connectivity index (χ1n) is 20.2. The SMILES string of the molecule is CCC(=N)C[C@@H](c1ccccc1)[C@]12Nc3cc(C)c(C)cc3N(C[C@H](O)[C@H](O)[C@H](O)COP(=O)(O)OP(=O)(O)OC[C@H]3O[C@@H](n4cnc5c(N)ncnc54)[C@H](O)[C@@H]3O)[C@@H]1NC(=O)NC2=O. The molecule has 25 nitrogen and oxygen atoms in total. The maximum Gasteiger partial charge on any atom is 0.481 e. The maximum atomic E-state index is 14.4. The van der Waals surface area contributed by atoms with Crippen molar-refractivity contribution in [1.82, 2.24) is 30.2 Å². The Morgan fingerprint density at radius 3 is 2.40 bits per heavy atom. The minimum absolute atomic E-state index is 0.0260. The lowest BCUT2D eigenvalue weighted by Gasteiger charge is -2.56. The first kappa shape index (κ1) is 48.0. The van der Waals surface area contributed by atoms with Crippen LogP contribution in [0.5, 0.6) is 0 Å². The number of benzene rings is 2. The number of aromatic nitrogens is 4. The molecule has 2 aromatic carbocycles. The van der Waals surface area contributed by atoms with Gasteiger partial charge in [-0.3, -0.25) is 23.7 Å². The van der Waals surface area contributed by atoms with E-state index in [1.165, 1.54) is 15.8 Å². The molecule has 352 valence electrons. The Kier molecular flexibility index (Phi) is 13.8. The lowest BCUT2D eigenvalue weighted by atomic mass is 9.70. The molecule has 2 fully saturated rings. The number of nitrogens with two attached hydrogens (primary N) is 1. The van der Waals surface area contributed by atoms with Crippen molar-refractivity contribution in [2.24, 2.45) is 0 Å². The zero-order chi connectivity index (χ0) is 47.2. The summed E-state index contributed by atoms with van der Waals surface area (Å²) in [6.45, 7) is 2.67. The Bertz CT molecular complexity index is 2540. The van der Waals surface area contributed by atoms with E-state index in [9.17, 15) is 54.0 Å². The Balaban J connectivity index is 1.04. The van der Waals surface area contributed by atoms with Crippen LogP contribution in [0.25, 0.3) is 11.2 Å². The summed E-state index contributed by atoms with van der Waals surface area (Å²) in [6, 6.07) is 11.6. The van der Waals surface area contributed by atoms with Gasteiger partial charge < -0.3 is 66.7 Å². The molecule has 0 bridgehead atoms. The highest BCUT2D eigenvalue weighted by Crippen LogP contribution is 2.60. The van der Waals surface area contributed by atoms with E-state index in [1.807, 2.05) is 13.8 Å². The lowest BCUT2D eigenvalue weighted by Crippen LogP contribution is -2.80. The third-order valence-corrected chi connectivity index (χ3v) is 14.3. The summed E-state index contributed by atoms with van der Waals surface area (Å²) in [5, 5.41) is 72.1. The number of rotatable bonds is 18. The highest BCUT2D eigenvalue weighted by Gasteiger charge is 2.61. The predicted molar refractivity (Wildman–Crippen MR) is 228 cm³/mol. The second kappa shape index (κ2) is 18.7. The zero-order valence-electron chi connectivity index (χ0n) is 35.0. The number of anilines is 3. The van der Waals surface area contributed by atoms with Crippen molar-refractivity contribution < 1.29 is 72.1 Å². The molecular formula is C38H50N10O15P2. The van der Waals surface area contributed by atoms with Crippen molar-refractivity contribution >= 4 is 61.7 Å². The van der Waals surface area contributed by atoms with Gasteiger partial charge in [-0.2, -0.15) is 4.31 Å². The van der Waals surface area contributed by atoms with Crippen molar-refractivity contribution in [2.75, 3.05) is 35.7 Å². The number of urea groups is 1. The van der Waals surface area contributed by atoms with Gasteiger partial charge in [0.1, 0.15) is 54.6 Å². The third kappa shape index (κ3) is 9.65. The number of hydrogen-bond donors (Lipinski definition) is 12. The van der Waals surface area contributed by atoms with Gasteiger partial charge in [0.05, 0.1) is 30.9 Å². The molecule has 2 aromatic heterocycles. The number of imidazole rings is 1. The average molecular weight is 949 g/mol. The van der Waals surface area contributed by atoms with E-state index in [0.717, 1.165) is 17.5 Å². The molecule has 65 heavy (non-hydrogen) atoms. The molecule has 5 heterocycles. The number of aliphatic hydroxyl groups excluding tert-OH is 5. The van der Waals surface area contributed by atoms with Crippen LogP contribution in [-0.2, 0) is 32.0 Å². The number of fused-ring (bicyclic) bond motifs is 3. The smallest absolute Gasteiger partial charge is 0.388 e. The van der Waals surface area contributed by atoms with Gasteiger partial charge in [0.25, 0.3) is 5.91 Å². The quantitative estimate of drug-likeness (QED) is 0.0475. The van der Waals surface area contributed by atoms with E-state index in [1.54, 1.807) is 49.4 Å². The minimum atomic E-state index is -5.61. The van der Waals surface area contributed by atoms with Gasteiger partial charge in [0, 0.05) is 18.2 Å². The molecule has 0 saturated carbocycles. The molecule has 27 heteroatoms. The molecule has 0 spiro atoms. The molecule has 3 aliphatic heterocycles. The van der Waals surface area contributed by atoms with Crippen LogP contribution in [0, 0.1) is 19.3 Å². The van der Waals surface area contributed by atoms with Crippen LogP contribution in [0.2, 0.25) is 0 Å². The van der Waals surface area contributed by atoms with Crippen LogP contribution in [0.4, 0.5) is 22.0 Å². The van der Waals surface area contributed by atoms with Crippen molar-refractivity contribution in [3.63, 3.8) is 0 Å². The topological polar surface area (TPSA) is 380 Å². The fraction of sp³-hybridized carbons (Fsp3) is 0.474. The number of hydrogen-bond acceptors (Lipinski definition) is 20. The Morgan fingerprint density at radius 1 is 1.00 bits per heavy atom. The van der Waals surface area contributed by atoms with Gasteiger partial charge in [-0.25, -0.2) is 28.9 Å². The molecular weight excluding hydrogens is 898 g/mol. The fourth-order valence-electron chi connectivity index (χ4n) is 8.14. The van der Waals surface area contributed by atoms with Gasteiger partial charge in [0.2, 0.25) is 0 Å². The van der Waals surface area contributed by atoms with Crippen LogP contribution >= 0.6 is 15.6 Å². The number of aryl methyl sites for hydroxylation is 2. The van der Waals surface area contributed by atoms with Crippen LogP contribution in [-0.4, -0.2) is 141 Å². The molecule has 12 atom stereocenters. The molecule has 2 saturated heterocycles. The Labute approximate surface area is 370 Å². The standard InChI is InChI=1S/C38H50N10O15P2/c1-4-21(39)12-22(20-8-6-5-7-9-20)38-35(44-37(55)45-36(38)54)47(24-11-19(3)18(2)10-23(24)46-38)13-25(49)29(51)26(50)14-60-64(56,57)63-65(58,59)61-15-27-30(52)31(53)34(62-27)48-17-43-28-32(40)41-16-42-33(28)48/h5-11,16-17,22,25-27,29-31,34-35,39,46,49-53H,4,12-15H2,1-3H3,(H,56,57)(H,58,59)(H2,40,41,42)(H2,44,45,54,55)/t22-,25-,26+,27+,29-,30+,31+,34+,35-,38-/m0/s1. The van der Waals surface area contributed by atoms with Gasteiger partial charge in [-0.15, -0.1) is 0 Å². The van der Waals surface area contributed by atoms with E-state index in [-0.39, 0.29) is 23.4 Å². The van der Waals surface area contributed by atoms with Crippen LogP contribution in [0.1, 0.15) is 48.6 Å². The number of nitrogen functional groups attached to an aromatic ring is 1. The van der Waals surface area contributed by atoms with Crippen molar-refractivity contribution in [1.29, 1.82) is 5.41 Å². The summed E-state index contributed by atoms with van der Waals surface area (Å²) in [5.74, 6) is -1.50. The molecule has 13 N–H and O–H groups in total. The Hall–Kier alpha value is -4.98. The number of β-amino-alcohol motifs (C(OH)–C–C–N with tert-alkyl or cyclic N) is 1. The average Bonchev–Trinajstić information content (AvgIpc) is 3.81. The molecule has 3 amide bonds. The summed E-state index contributed by atoms with van der Waals surface area (Å²) in [5.41, 5.74) is 7.74. The van der Waals surface area contributed by atoms with Crippen LogP contribution < -0.4 is 26.6 Å². The van der Waals surface area contributed by atoms with Crippen molar-refractivity contribution in [3.8, 4) is 0 Å². The highest BCUT2D eigenvalue weighted by atomic mass is 31.3. The number of phosphoric acid groups is 2. The summed E-state index contributed by atoms with van der Waals surface area (Å²) in [7, 11) is -11.1. The summed E-state index contributed by atoms with van der Waals surface area (Å²) in [6.07, 6.45) is -10.9. The first-order valence-corrected chi connectivity index (χ1v) is 23.2. The number of carbonyl (C=O) groups excluding carboxylic acids is 2.